The molecule has 1 aliphatic rings. The number of hydrogen-bond acceptors (Lipinski definition) is 1. The fourth-order valence-corrected chi connectivity index (χ4v) is 3.75. The first-order valence-corrected chi connectivity index (χ1v) is 7.48. The molecule has 1 saturated carbocycles. The Morgan fingerprint density at radius 3 is 2.21 bits per heavy atom. The van der Waals surface area contributed by atoms with Gasteiger partial charge < -0.3 is 5.32 Å². The number of nitrogens with one attached hydrogen (secondary N) is 1. The van der Waals surface area contributed by atoms with Crippen molar-refractivity contribution in [2.45, 2.75) is 59.4 Å². The van der Waals surface area contributed by atoms with Gasteiger partial charge in [-0.15, -0.1) is 0 Å². The minimum absolute atomic E-state index is 0.120. The molecule has 1 atom stereocenters. The predicted octanol–water partition coefficient (Wildman–Crippen LogP) is 4.67. The first-order valence-electron chi connectivity index (χ1n) is 7.48. The zero-order valence-corrected chi connectivity index (χ0v) is 12.6. The van der Waals surface area contributed by atoms with Gasteiger partial charge >= 0.3 is 0 Å². The van der Waals surface area contributed by atoms with Crippen molar-refractivity contribution in [2.24, 2.45) is 5.41 Å². The van der Waals surface area contributed by atoms with Crippen LogP contribution >= 0.6 is 0 Å². The molecular formula is C17H26FN. The Morgan fingerprint density at radius 2 is 1.74 bits per heavy atom. The third kappa shape index (κ3) is 2.84. The molecule has 0 aliphatic heterocycles. The second-order valence-corrected chi connectivity index (χ2v) is 6.31. The molecule has 0 bridgehead atoms. The summed E-state index contributed by atoms with van der Waals surface area (Å²) in [5.41, 5.74) is 3.78. The fourth-order valence-electron chi connectivity index (χ4n) is 3.75. The summed E-state index contributed by atoms with van der Waals surface area (Å²) in [7, 11) is 0. The average molecular weight is 263 g/mol. The number of aryl methyl sites for hydroxylation is 2. The van der Waals surface area contributed by atoms with E-state index < -0.39 is 0 Å². The van der Waals surface area contributed by atoms with Gasteiger partial charge in [-0.25, -0.2) is 4.39 Å². The molecule has 0 spiro atoms. The van der Waals surface area contributed by atoms with Crippen molar-refractivity contribution in [3.8, 4) is 0 Å². The number of rotatable bonds is 4. The third-order valence-corrected chi connectivity index (χ3v) is 4.70. The highest BCUT2D eigenvalue weighted by Gasteiger charge is 2.38. The lowest BCUT2D eigenvalue weighted by molar-refractivity contribution is 0.224. The average Bonchev–Trinajstić information content (AvgIpc) is 2.75. The molecule has 1 unspecified atom stereocenters. The topological polar surface area (TPSA) is 12.0 Å². The van der Waals surface area contributed by atoms with E-state index in [1.54, 1.807) is 12.1 Å². The molecular weight excluding hydrogens is 237 g/mol. The minimum atomic E-state index is -0.120. The second kappa shape index (κ2) is 5.62. The van der Waals surface area contributed by atoms with E-state index in [1.807, 2.05) is 13.8 Å². The lowest BCUT2D eigenvalue weighted by atomic mass is 9.75. The van der Waals surface area contributed by atoms with E-state index in [0.29, 0.717) is 11.5 Å². The highest BCUT2D eigenvalue weighted by Crippen LogP contribution is 2.48. The van der Waals surface area contributed by atoms with Crippen molar-refractivity contribution in [3.63, 3.8) is 0 Å². The molecule has 1 N–H and O–H groups in total. The van der Waals surface area contributed by atoms with Crippen LogP contribution in [0.4, 0.5) is 4.39 Å². The molecule has 0 aromatic heterocycles. The number of halogens is 1. The van der Waals surface area contributed by atoms with Gasteiger partial charge in [0.25, 0.3) is 0 Å². The molecule has 1 aromatic carbocycles. The van der Waals surface area contributed by atoms with E-state index in [-0.39, 0.29) is 5.82 Å². The largest absolute Gasteiger partial charge is 0.310 e. The standard InChI is InChI=1S/C17H26FN/c1-5-19-16(17(4)8-6-7-9-17)15-12(2)10-14(18)11-13(15)3/h10-11,16,19H,5-9H2,1-4H3. The molecule has 1 aromatic rings. The number of hydrogen-bond donors (Lipinski definition) is 1. The summed E-state index contributed by atoms with van der Waals surface area (Å²) in [6.07, 6.45) is 5.16. The van der Waals surface area contributed by atoms with Crippen LogP contribution in [0.25, 0.3) is 0 Å². The zero-order chi connectivity index (χ0) is 14.0. The van der Waals surface area contributed by atoms with Crippen LogP contribution < -0.4 is 5.32 Å². The Hall–Kier alpha value is -0.890. The first kappa shape index (κ1) is 14.5. The maximum Gasteiger partial charge on any atom is 0.123 e. The second-order valence-electron chi connectivity index (χ2n) is 6.31. The lowest BCUT2D eigenvalue weighted by Crippen LogP contribution is -2.35. The summed E-state index contributed by atoms with van der Waals surface area (Å²) < 4.78 is 13.5. The maximum atomic E-state index is 13.5. The summed E-state index contributed by atoms with van der Waals surface area (Å²) in [6, 6.07) is 3.69. The van der Waals surface area contributed by atoms with Crippen LogP contribution in [0.3, 0.4) is 0 Å². The summed E-state index contributed by atoms with van der Waals surface area (Å²) in [5.74, 6) is -0.120. The van der Waals surface area contributed by atoms with Crippen LogP contribution in [0.15, 0.2) is 12.1 Å². The van der Waals surface area contributed by atoms with Gasteiger partial charge in [-0.2, -0.15) is 0 Å². The zero-order valence-electron chi connectivity index (χ0n) is 12.6. The normalized spacial score (nSPS) is 19.6. The molecule has 1 aliphatic carbocycles. The molecule has 0 saturated heterocycles. The van der Waals surface area contributed by atoms with Gasteiger partial charge in [-0.05, 0) is 67.5 Å². The first-order chi connectivity index (χ1) is 8.98. The minimum Gasteiger partial charge on any atom is -0.310 e. The van der Waals surface area contributed by atoms with Crippen LogP contribution in [-0.4, -0.2) is 6.54 Å². The van der Waals surface area contributed by atoms with Crippen LogP contribution in [0.1, 0.15) is 62.3 Å². The molecule has 2 heteroatoms. The summed E-state index contributed by atoms with van der Waals surface area (Å²) >= 11 is 0. The summed E-state index contributed by atoms with van der Waals surface area (Å²) in [5, 5.41) is 3.66. The van der Waals surface area contributed by atoms with Crippen molar-refractivity contribution in [1.82, 2.24) is 5.32 Å². The van der Waals surface area contributed by atoms with Gasteiger partial charge in [-0.1, -0.05) is 26.7 Å². The SMILES string of the molecule is CCNC(c1c(C)cc(F)cc1C)C1(C)CCCC1. The van der Waals surface area contributed by atoms with Gasteiger partial charge in [0.2, 0.25) is 0 Å². The third-order valence-electron chi connectivity index (χ3n) is 4.70. The molecule has 0 amide bonds. The Balaban J connectivity index is 2.44. The predicted molar refractivity (Wildman–Crippen MR) is 78.9 cm³/mol. The molecule has 0 heterocycles. The van der Waals surface area contributed by atoms with E-state index in [2.05, 4.69) is 19.2 Å². The van der Waals surface area contributed by atoms with E-state index in [4.69, 9.17) is 0 Å². The smallest absolute Gasteiger partial charge is 0.123 e. The molecule has 106 valence electrons. The van der Waals surface area contributed by atoms with Crippen LogP contribution in [0, 0.1) is 25.1 Å². The van der Waals surface area contributed by atoms with E-state index in [0.717, 1.165) is 17.7 Å². The summed E-state index contributed by atoms with van der Waals surface area (Å²) in [6.45, 7) is 9.56. The Bertz CT molecular complexity index is 424. The van der Waals surface area contributed by atoms with Crippen molar-refractivity contribution < 1.29 is 4.39 Å². The highest BCUT2D eigenvalue weighted by molar-refractivity contribution is 5.38. The molecule has 1 fully saturated rings. The van der Waals surface area contributed by atoms with Gasteiger partial charge in [0.05, 0.1) is 0 Å². The van der Waals surface area contributed by atoms with Gasteiger partial charge in [0, 0.05) is 6.04 Å². The van der Waals surface area contributed by atoms with Gasteiger partial charge in [0.1, 0.15) is 5.82 Å². The van der Waals surface area contributed by atoms with Crippen molar-refractivity contribution in [1.29, 1.82) is 0 Å². The van der Waals surface area contributed by atoms with E-state index in [9.17, 15) is 4.39 Å². The maximum absolute atomic E-state index is 13.5. The van der Waals surface area contributed by atoms with Gasteiger partial charge in [0.15, 0.2) is 0 Å². The van der Waals surface area contributed by atoms with Crippen molar-refractivity contribution in [2.75, 3.05) is 6.54 Å². The number of benzene rings is 1. The monoisotopic (exact) mass is 263 g/mol. The van der Waals surface area contributed by atoms with Gasteiger partial charge in [-0.3, -0.25) is 0 Å². The molecule has 19 heavy (non-hydrogen) atoms. The summed E-state index contributed by atoms with van der Waals surface area (Å²) in [4.78, 5) is 0. The van der Waals surface area contributed by atoms with Crippen LogP contribution in [0.5, 0.6) is 0 Å². The Kier molecular flexibility index (Phi) is 4.29. The quantitative estimate of drug-likeness (QED) is 0.832. The van der Waals surface area contributed by atoms with Crippen LogP contribution in [-0.2, 0) is 0 Å². The van der Waals surface area contributed by atoms with E-state index in [1.165, 1.54) is 31.2 Å². The molecule has 0 radical (unpaired) electrons. The fraction of sp³-hybridized carbons (Fsp3) is 0.647. The Morgan fingerprint density at radius 1 is 1.21 bits per heavy atom. The van der Waals surface area contributed by atoms with Crippen molar-refractivity contribution >= 4 is 0 Å². The molecule has 1 nitrogen and oxygen atoms in total. The lowest BCUT2D eigenvalue weighted by Gasteiger charge is -2.37. The molecule has 2 rings (SSSR count). The highest BCUT2D eigenvalue weighted by atomic mass is 19.1. The Labute approximate surface area is 116 Å². The van der Waals surface area contributed by atoms with Crippen LogP contribution in [0.2, 0.25) is 0 Å². The van der Waals surface area contributed by atoms with Crippen molar-refractivity contribution in [3.05, 3.63) is 34.6 Å². The van der Waals surface area contributed by atoms with E-state index >= 15 is 0 Å².